The van der Waals surface area contributed by atoms with E-state index in [1.807, 2.05) is 12.1 Å². The number of hydrogen-bond acceptors (Lipinski definition) is 5. The Morgan fingerprint density at radius 1 is 1.35 bits per heavy atom. The van der Waals surface area contributed by atoms with Crippen LogP contribution in [0.2, 0.25) is 0 Å². The van der Waals surface area contributed by atoms with Crippen LogP contribution in [0.1, 0.15) is 36.8 Å². The van der Waals surface area contributed by atoms with Gasteiger partial charge in [0.1, 0.15) is 11.9 Å². The molecular weight excluding hydrogens is 332 g/mol. The number of carbonyl (C=O) groups excluding carboxylic acids is 1. The van der Waals surface area contributed by atoms with Gasteiger partial charge in [-0.15, -0.1) is 0 Å². The van der Waals surface area contributed by atoms with Gasteiger partial charge in [-0.05, 0) is 38.7 Å². The maximum Gasteiger partial charge on any atom is 0.249 e. The van der Waals surface area contributed by atoms with Crippen LogP contribution >= 0.6 is 0 Å². The summed E-state index contributed by atoms with van der Waals surface area (Å²) in [6.45, 7) is 4.46. The van der Waals surface area contributed by atoms with Crippen molar-refractivity contribution >= 4 is 5.91 Å². The summed E-state index contributed by atoms with van der Waals surface area (Å²) in [5, 5.41) is 3.13. The predicted molar refractivity (Wildman–Crippen MR) is 99.4 cm³/mol. The molecular formula is C20H30N2O4. The van der Waals surface area contributed by atoms with Crippen molar-refractivity contribution in [2.45, 2.75) is 50.2 Å². The fraction of sp³-hybridized carbons (Fsp3) is 0.650. The highest BCUT2D eigenvalue weighted by Gasteiger charge is 2.38. The fourth-order valence-electron chi connectivity index (χ4n) is 3.98. The van der Waals surface area contributed by atoms with Crippen molar-refractivity contribution in [2.75, 3.05) is 33.4 Å². The van der Waals surface area contributed by atoms with Crippen LogP contribution < -0.4 is 15.8 Å². The van der Waals surface area contributed by atoms with Crippen LogP contribution in [0.15, 0.2) is 18.2 Å². The van der Waals surface area contributed by atoms with E-state index in [9.17, 15) is 4.79 Å². The monoisotopic (exact) mass is 362 g/mol. The van der Waals surface area contributed by atoms with Gasteiger partial charge in [0.05, 0.1) is 13.2 Å². The Morgan fingerprint density at radius 2 is 2.12 bits per heavy atom. The highest BCUT2D eigenvalue weighted by molar-refractivity contribution is 5.81. The Kier molecular flexibility index (Phi) is 6.16. The van der Waals surface area contributed by atoms with E-state index in [0.717, 1.165) is 37.0 Å². The second-order valence-corrected chi connectivity index (χ2v) is 7.37. The number of aryl methyl sites for hydroxylation is 1. The van der Waals surface area contributed by atoms with Crippen molar-refractivity contribution in [1.82, 2.24) is 5.32 Å². The molecule has 0 aromatic heterocycles. The standard InChI is InChI=1S/C20H30N2O4/c1-14-3-5-17(24-2)16(11-14)20(7-9-25-10-8-20)13-22-19(23)18-6-4-15(12-21)26-18/h3,5,11,15,18H,4,6-10,12-13,21H2,1-2H3,(H,22,23)/t15-,18+/m1/s1. The van der Waals surface area contributed by atoms with Crippen LogP contribution in [0, 0.1) is 6.92 Å². The molecule has 2 aliphatic rings. The highest BCUT2D eigenvalue weighted by Crippen LogP contribution is 2.40. The van der Waals surface area contributed by atoms with Gasteiger partial charge >= 0.3 is 0 Å². The average Bonchev–Trinajstić information content (AvgIpc) is 3.16. The van der Waals surface area contributed by atoms with E-state index < -0.39 is 0 Å². The molecule has 2 heterocycles. The van der Waals surface area contributed by atoms with E-state index in [4.69, 9.17) is 19.9 Å². The van der Waals surface area contributed by atoms with Gasteiger partial charge in [-0.25, -0.2) is 0 Å². The molecule has 1 aromatic rings. The molecule has 6 nitrogen and oxygen atoms in total. The summed E-state index contributed by atoms with van der Waals surface area (Å²) in [7, 11) is 1.69. The van der Waals surface area contributed by atoms with Crippen molar-refractivity contribution in [3.05, 3.63) is 29.3 Å². The lowest BCUT2D eigenvalue weighted by molar-refractivity contribution is -0.132. The Bertz CT molecular complexity index is 628. The maximum absolute atomic E-state index is 12.6. The zero-order chi connectivity index (χ0) is 18.6. The van der Waals surface area contributed by atoms with Crippen molar-refractivity contribution < 1.29 is 19.0 Å². The SMILES string of the molecule is COc1ccc(C)cc1C1(CNC(=O)[C@@H]2CC[C@H](CN)O2)CCOCC1. The number of ether oxygens (including phenoxy) is 3. The molecule has 3 rings (SSSR count). The molecule has 6 heteroatoms. The number of carbonyl (C=O) groups is 1. The molecule has 0 radical (unpaired) electrons. The largest absolute Gasteiger partial charge is 0.496 e. The molecule has 0 spiro atoms. The Hall–Kier alpha value is -1.63. The third-order valence-electron chi connectivity index (χ3n) is 5.64. The molecule has 2 fully saturated rings. The quantitative estimate of drug-likeness (QED) is 0.804. The van der Waals surface area contributed by atoms with Crippen LogP contribution in [-0.2, 0) is 19.7 Å². The van der Waals surface area contributed by atoms with Gasteiger partial charge in [-0.2, -0.15) is 0 Å². The van der Waals surface area contributed by atoms with E-state index in [1.165, 1.54) is 5.56 Å². The summed E-state index contributed by atoms with van der Waals surface area (Å²) in [6.07, 6.45) is 2.89. The Morgan fingerprint density at radius 3 is 2.77 bits per heavy atom. The first-order chi connectivity index (χ1) is 12.6. The van der Waals surface area contributed by atoms with E-state index >= 15 is 0 Å². The van der Waals surface area contributed by atoms with E-state index in [2.05, 4.69) is 18.3 Å². The van der Waals surface area contributed by atoms with Crippen molar-refractivity contribution in [3.63, 3.8) is 0 Å². The first kappa shape index (κ1) is 19.1. The number of methoxy groups -OCH3 is 1. The normalized spacial score (nSPS) is 25.0. The van der Waals surface area contributed by atoms with Gasteiger partial charge in [-0.3, -0.25) is 4.79 Å². The van der Waals surface area contributed by atoms with Crippen LogP contribution in [0.3, 0.4) is 0 Å². The second-order valence-electron chi connectivity index (χ2n) is 7.37. The molecule has 2 aliphatic heterocycles. The van der Waals surface area contributed by atoms with Gasteiger partial charge in [0, 0.05) is 37.3 Å². The van der Waals surface area contributed by atoms with Gasteiger partial charge in [0.25, 0.3) is 0 Å². The van der Waals surface area contributed by atoms with Gasteiger partial charge in [0.2, 0.25) is 5.91 Å². The molecule has 1 amide bonds. The molecule has 1 aromatic carbocycles. The lowest BCUT2D eigenvalue weighted by atomic mass is 9.73. The number of nitrogens with one attached hydrogen (secondary N) is 1. The second kappa shape index (κ2) is 8.37. The molecule has 2 saturated heterocycles. The molecule has 0 bridgehead atoms. The third-order valence-corrected chi connectivity index (χ3v) is 5.64. The number of nitrogens with two attached hydrogens (primary N) is 1. The number of amides is 1. The Balaban J connectivity index is 1.76. The van der Waals surface area contributed by atoms with E-state index in [1.54, 1.807) is 7.11 Å². The summed E-state index contributed by atoms with van der Waals surface area (Å²) in [5.41, 5.74) is 7.79. The van der Waals surface area contributed by atoms with Gasteiger partial charge < -0.3 is 25.3 Å². The smallest absolute Gasteiger partial charge is 0.249 e. The van der Waals surface area contributed by atoms with Crippen molar-refractivity contribution in [3.8, 4) is 5.75 Å². The number of hydrogen-bond donors (Lipinski definition) is 2. The third kappa shape index (κ3) is 4.03. The van der Waals surface area contributed by atoms with E-state index in [-0.39, 0.29) is 23.5 Å². The minimum Gasteiger partial charge on any atom is -0.496 e. The minimum absolute atomic E-state index is 0.000317. The summed E-state index contributed by atoms with van der Waals surface area (Å²) in [4.78, 5) is 12.6. The summed E-state index contributed by atoms with van der Waals surface area (Å²) in [6, 6.07) is 6.23. The molecule has 144 valence electrons. The molecule has 0 saturated carbocycles. The number of benzene rings is 1. The summed E-state index contributed by atoms with van der Waals surface area (Å²) >= 11 is 0. The summed E-state index contributed by atoms with van der Waals surface area (Å²) in [5.74, 6) is 0.825. The highest BCUT2D eigenvalue weighted by atomic mass is 16.5. The Labute approximate surface area is 155 Å². The van der Waals surface area contributed by atoms with Crippen LogP contribution in [0.25, 0.3) is 0 Å². The van der Waals surface area contributed by atoms with Gasteiger partial charge in [0.15, 0.2) is 0 Å². The topological polar surface area (TPSA) is 82.8 Å². The molecule has 0 unspecified atom stereocenters. The lowest BCUT2D eigenvalue weighted by Crippen LogP contribution is -2.47. The summed E-state index contributed by atoms with van der Waals surface area (Å²) < 4.78 is 16.9. The molecule has 0 aliphatic carbocycles. The molecule has 2 atom stereocenters. The van der Waals surface area contributed by atoms with Gasteiger partial charge in [-0.1, -0.05) is 17.7 Å². The molecule has 26 heavy (non-hydrogen) atoms. The van der Waals surface area contributed by atoms with Crippen molar-refractivity contribution in [2.24, 2.45) is 5.73 Å². The van der Waals surface area contributed by atoms with Crippen molar-refractivity contribution in [1.29, 1.82) is 0 Å². The van der Waals surface area contributed by atoms with E-state index in [0.29, 0.717) is 26.3 Å². The van der Waals surface area contributed by atoms with Crippen LogP contribution in [0.5, 0.6) is 5.75 Å². The average molecular weight is 362 g/mol. The van der Waals surface area contributed by atoms with Crippen LogP contribution in [0.4, 0.5) is 0 Å². The fourth-order valence-corrected chi connectivity index (χ4v) is 3.98. The minimum atomic E-state index is -0.389. The first-order valence-corrected chi connectivity index (χ1v) is 9.44. The lowest BCUT2D eigenvalue weighted by Gasteiger charge is -2.39. The zero-order valence-corrected chi connectivity index (χ0v) is 15.8. The predicted octanol–water partition coefficient (Wildman–Crippen LogP) is 1.67. The maximum atomic E-state index is 12.6. The molecule has 3 N–H and O–H groups in total. The van der Waals surface area contributed by atoms with Crippen LogP contribution in [-0.4, -0.2) is 51.5 Å². The first-order valence-electron chi connectivity index (χ1n) is 9.44. The zero-order valence-electron chi connectivity index (χ0n) is 15.8. The number of rotatable bonds is 6.